The van der Waals surface area contributed by atoms with E-state index in [-0.39, 0.29) is 24.6 Å². The van der Waals surface area contributed by atoms with Crippen LogP contribution in [0.15, 0.2) is 36.0 Å². The third-order valence-corrected chi connectivity index (χ3v) is 4.51. The molecule has 136 valence electrons. The first-order chi connectivity index (χ1) is 11.7. The van der Waals surface area contributed by atoms with E-state index < -0.39 is 0 Å². The molecule has 2 aliphatic rings. The fourth-order valence-electron chi connectivity index (χ4n) is 2.82. The minimum Gasteiger partial charge on any atom is -0.381 e. The third kappa shape index (κ3) is 7.31. The van der Waals surface area contributed by atoms with Gasteiger partial charge < -0.3 is 18.9 Å². The van der Waals surface area contributed by atoms with Crippen LogP contribution in [0.3, 0.4) is 0 Å². The molecule has 0 aromatic rings. The molecule has 24 heavy (non-hydrogen) atoms. The maximum absolute atomic E-state index is 5.81. The summed E-state index contributed by atoms with van der Waals surface area (Å²) >= 11 is 0. The van der Waals surface area contributed by atoms with Crippen LogP contribution in [0.25, 0.3) is 0 Å². The topological polar surface area (TPSA) is 36.9 Å². The lowest BCUT2D eigenvalue weighted by atomic mass is 10.1. The Balaban J connectivity index is 1.68. The van der Waals surface area contributed by atoms with Gasteiger partial charge in [0.15, 0.2) is 6.29 Å². The number of methoxy groups -OCH3 is 1. The molecule has 0 bridgehead atoms. The van der Waals surface area contributed by atoms with Crippen molar-refractivity contribution < 1.29 is 18.9 Å². The average molecular weight is 336 g/mol. The van der Waals surface area contributed by atoms with Gasteiger partial charge in [-0.15, -0.1) is 0 Å². The molecule has 0 amide bonds. The Morgan fingerprint density at radius 2 is 2.00 bits per heavy atom. The van der Waals surface area contributed by atoms with Gasteiger partial charge in [-0.3, -0.25) is 0 Å². The Kier molecular flexibility index (Phi) is 8.75. The number of allylic oxidation sites excluding steroid dienone is 1. The molecule has 2 aliphatic heterocycles. The van der Waals surface area contributed by atoms with Gasteiger partial charge in [-0.25, -0.2) is 0 Å². The number of hydrogen-bond acceptors (Lipinski definition) is 4. The lowest BCUT2D eigenvalue weighted by Crippen LogP contribution is -2.28. The van der Waals surface area contributed by atoms with Gasteiger partial charge in [0, 0.05) is 7.11 Å². The van der Waals surface area contributed by atoms with Crippen LogP contribution >= 0.6 is 0 Å². The highest BCUT2D eigenvalue weighted by molar-refractivity contribution is 5.03. The van der Waals surface area contributed by atoms with Crippen LogP contribution in [0.1, 0.15) is 46.0 Å². The van der Waals surface area contributed by atoms with Crippen LogP contribution in [0.5, 0.6) is 0 Å². The maximum atomic E-state index is 5.81. The summed E-state index contributed by atoms with van der Waals surface area (Å²) in [6.07, 6.45) is 16.0. The fourth-order valence-corrected chi connectivity index (χ4v) is 2.82. The van der Waals surface area contributed by atoms with Gasteiger partial charge in [0.05, 0.1) is 31.5 Å². The highest BCUT2D eigenvalue weighted by Crippen LogP contribution is 2.16. The van der Waals surface area contributed by atoms with Gasteiger partial charge in [0.2, 0.25) is 0 Å². The Labute approximate surface area is 146 Å². The minimum atomic E-state index is -0.211. The van der Waals surface area contributed by atoms with Crippen molar-refractivity contribution in [3.63, 3.8) is 0 Å². The Morgan fingerprint density at radius 3 is 2.75 bits per heavy atom. The maximum Gasteiger partial charge on any atom is 0.177 e. The van der Waals surface area contributed by atoms with Crippen LogP contribution in [-0.4, -0.2) is 44.9 Å². The highest BCUT2D eigenvalue weighted by atomic mass is 16.7. The van der Waals surface area contributed by atoms with E-state index in [1.165, 1.54) is 5.57 Å². The summed E-state index contributed by atoms with van der Waals surface area (Å²) in [5.41, 5.74) is 1.42. The average Bonchev–Trinajstić information content (AvgIpc) is 2.78. The lowest BCUT2D eigenvalue weighted by Gasteiger charge is -2.26. The predicted octanol–water partition coefficient (Wildman–Crippen LogP) is 4.17. The Morgan fingerprint density at radius 1 is 1.21 bits per heavy atom. The molecule has 1 saturated heterocycles. The van der Waals surface area contributed by atoms with E-state index in [1.807, 2.05) is 6.08 Å². The first kappa shape index (κ1) is 19.4. The molecule has 0 aromatic heterocycles. The zero-order valence-corrected chi connectivity index (χ0v) is 15.3. The van der Waals surface area contributed by atoms with Crippen molar-refractivity contribution in [3.8, 4) is 0 Å². The van der Waals surface area contributed by atoms with Crippen molar-refractivity contribution in [1.82, 2.24) is 0 Å². The lowest BCUT2D eigenvalue weighted by molar-refractivity contribution is -0.181. The molecule has 0 aromatic carbocycles. The van der Waals surface area contributed by atoms with Crippen molar-refractivity contribution in [1.29, 1.82) is 0 Å². The van der Waals surface area contributed by atoms with Crippen molar-refractivity contribution in [2.75, 3.05) is 20.3 Å². The van der Waals surface area contributed by atoms with E-state index in [0.717, 1.165) is 45.3 Å². The first-order valence-electron chi connectivity index (χ1n) is 9.07. The van der Waals surface area contributed by atoms with E-state index in [0.29, 0.717) is 0 Å². The molecule has 0 aliphatic carbocycles. The van der Waals surface area contributed by atoms with Crippen LogP contribution in [0.4, 0.5) is 0 Å². The smallest absolute Gasteiger partial charge is 0.177 e. The van der Waals surface area contributed by atoms with E-state index in [2.05, 4.69) is 38.2 Å². The van der Waals surface area contributed by atoms with Gasteiger partial charge in [-0.05, 0) is 52.0 Å². The van der Waals surface area contributed by atoms with Crippen molar-refractivity contribution in [3.05, 3.63) is 36.0 Å². The Hall–Kier alpha value is -0.940. The summed E-state index contributed by atoms with van der Waals surface area (Å²) in [5, 5.41) is 0. The second kappa shape index (κ2) is 10.8. The molecule has 0 radical (unpaired) electrons. The number of ether oxygens (including phenoxy) is 4. The minimum absolute atomic E-state index is 0.171. The zero-order chi connectivity index (χ0) is 17.2. The van der Waals surface area contributed by atoms with Crippen molar-refractivity contribution in [2.24, 2.45) is 0 Å². The molecule has 4 heteroatoms. The van der Waals surface area contributed by atoms with Gasteiger partial charge in [-0.1, -0.05) is 29.9 Å². The van der Waals surface area contributed by atoms with Gasteiger partial charge in [0.1, 0.15) is 0 Å². The standard InChI is InChI=1S/C20H32O4/c1-16-10-11-19(22-14-12-16)8-4-6-18(21-3)7-5-9-20-23-15-13-17(2)24-20/h4-5,8-9,12,17-20H,6-7,10-11,13-15H2,1-3H3/b8-4+,9-5+/t17?,18-,19?,20?/m1/s1. The summed E-state index contributed by atoms with van der Waals surface area (Å²) in [6.45, 7) is 5.74. The molecule has 2 heterocycles. The summed E-state index contributed by atoms with van der Waals surface area (Å²) in [4.78, 5) is 0. The van der Waals surface area contributed by atoms with Gasteiger partial charge >= 0.3 is 0 Å². The van der Waals surface area contributed by atoms with E-state index >= 15 is 0 Å². The van der Waals surface area contributed by atoms with E-state index in [4.69, 9.17) is 18.9 Å². The summed E-state index contributed by atoms with van der Waals surface area (Å²) in [6, 6.07) is 0. The van der Waals surface area contributed by atoms with Crippen LogP contribution in [-0.2, 0) is 18.9 Å². The van der Waals surface area contributed by atoms with Crippen molar-refractivity contribution in [2.45, 2.75) is 70.6 Å². The third-order valence-electron chi connectivity index (χ3n) is 4.51. The van der Waals surface area contributed by atoms with Gasteiger partial charge in [-0.2, -0.15) is 0 Å². The predicted molar refractivity (Wildman–Crippen MR) is 95.9 cm³/mol. The summed E-state index contributed by atoms with van der Waals surface area (Å²) < 4.78 is 22.6. The number of hydrogen-bond donors (Lipinski definition) is 0. The molecule has 1 fully saturated rings. The molecule has 2 rings (SSSR count). The van der Waals surface area contributed by atoms with E-state index in [1.54, 1.807) is 7.11 Å². The normalized spacial score (nSPS) is 30.5. The second-order valence-corrected chi connectivity index (χ2v) is 6.62. The molecular formula is C20H32O4. The Bertz CT molecular complexity index is 441. The largest absolute Gasteiger partial charge is 0.381 e. The summed E-state index contributed by atoms with van der Waals surface area (Å²) in [5.74, 6) is 0. The SMILES string of the molecule is CO[C@H](C/C=C/C1CCC(C)=CCO1)C/C=C/C1OCCC(C)O1. The summed E-state index contributed by atoms with van der Waals surface area (Å²) in [7, 11) is 1.76. The monoisotopic (exact) mass is 336 g/mol. The molecule has 3 unspecified atom stereocenters. The first-order valence-corrected chi connectivity index (χ1v) is 9.07. The zero-order valence-electron chi connectivity index (χ0n) is 15.3. The van der Waals surface area contributed by atoms with Crippen molar-refractivity contribution >= 4 is 0 Å². The molecule has 0 saturated carbocycles. The quantitative estimate of drug-likeness (QED) is 0.654. The molecule has 0 N–H and O–H groups in total. The van der Waals surface area contributed by atoms with Crippen LogP contribution in [0.2, 0.25) is 0 Å². The molecular weight excluding hydrogens is 304 g/mol. The fraction of sp³-hybridized carbons (Fsp3) is 0.700. The number of rotatable bonds is 7. The molecule has 4 atom stereocenters. The van der Waals surface area contributed by atoms with Crippen LogP contribution in [0, 0.1) is 0 Å². The highest BCUT2D eigenvalue weighted by Gasteiger charge is 2.16. The second-order valence-electron chi connectivity index (χ2n) is 6.62. The van der Waals surface area contributed by atoms with E-state index in [9.17, 15) is 0 Å². The molecule has 4 nitrogen and oxygen atoms in total. The van der Waals surface area contributed by atoms with Crippen LogP contribution < -0.4 is 0 Å². The molecule has 0 spiro atoms. The van der Waals surface area contributed by atoms with Gasteiger partial charge in [0.25, 0.3) is 0 Å².